The molecule has 0 aliphatic carbocycles. The third-order valence-corrected chi connectivity index (χ3v) is 4.96. The number of aryl methyl sites for hydroxylation is 1. The topological polar surface area (TPSA) is 46.3 Å². The highest BCUT2D eigenvalue weighted by Gasteiger charge is 2.34. The van der Waals surface area contributed by atoms with Gasteiger partial charge in [-0.05, 0) is 46.1 Å². The molecule has 1 saturated heterocycles. The van der Waals surface area contributed by atoms with Gasteiger partial charge in [0, 0.05) is 17.6 Å². The normalized spacial score (nSPS) is 21.5. The van der Waals surface area contributed by atoms with Crippen LogP contribution in [0.3, 0.4) is 0 Å². The number of benzene rings is 1. The van der Waals surface area contributed by atoms with Crippen molar-refractivity contribution < 1.29 is 9.32 Å². The Bertz CT molecular complexity index is 716. The van der Waals surface area contributed by atoms with E-state index in [0.29, 0.717) is 22.0 Å². The number of rotatable bonds is 2. The molecule has 1 fully saturated rings. The molecule has 23 heavy (non-hydrogen) atoms. The number of hydrogen-bond donors (Lipinski definition) is 0. The van der Waals surface area contributed by atoms with Gasteiger partial charge in [0.05, 0.1) is 5.02 Å². The molecule has 2 atom stereocenters. The highest BCUT2D eigenvalue weighted by atomic mass is 35.5. The molecule has 3 rings (SSSR count). The number of amides is 1. The molecule has 0 bridgehead atoms. The van der Waals surface area contributed by atoms with Crippen molar-refractivity contribution in [1.82, 2.24) is 10.1 Å². The summed E-state index contributed by atoms with van der Waals surface area (Å²) in [5.74, 6) is 0.522. The summed E-state index contributed by atoms with van der Waals surface area (Å²) < 4.78 is 5.33. The fourth-order valence-electron chi connectivity index (χ4n) is 3.41. The molecule has 1 aliphatic heterocycles. The summed E-state index contributed by atoms with van der Waals surface area (Å²) in [6.45, 7) is 5.98. The Hall–Kier alpha value is -1.81. The first-order valence-corrected chi connectivity index (χ1v) is 8.42. The van der Waals surface area contributed by atoms with Crippen LogP contribution in [-0.4, -0.2) is 28.0 Å². The van der Waals surface area contributed by atoms with E-state index in [1.165, 1.54) is 0 Å². The van der Waals surface area contributed by atoms with Crippen molar-refractivity contribution in [3.63, 3.8) is 0 Å². The highest BCUT2D eigenvalue weighted by Crippen LogP contribution is 2.33. The number of halogens is 1. The summed E-state index contributed by atoms with van der Waals surface area (Å²) in [5.41, 5.74) is 1.79. The predicted molar refractivity (Wildman–Crippen MR) is 90.6 cm³/mol. The fraction of sp³-hybridized carbons (Fsp3) is 0.444. The van der Waals surface area contributed by atoms with Crippen LogP contribution in [-0.2, 0) is 0 Å². The smallest absolute Gasteiger partial charge is 0.260 e. The summed E-state index contributed by atoms with van der Waals surface area (Å²) in [6.07, 6.45) is 3.22. The SMILES string of the molecule is Cc1onc(-c2ccccc2Cl)c1C(=O)N1[C@@H](C)CCC[C@@H]1C. The largest absolute Gasteiger partial charge is 0.360 e. The van der Waals surface area contributed by atoms with Gasteiger partial charge in [0.15, 0.2) is 0 Å². The second kappa shape index (κ2) is 6.36. The number of hydrogen-bond acceptors (Lipinski definition) is 3. The summed E-state index contributed by atoms with van der Waals surface area (Å²) >= 11 is 6.28. The number of likely N-dealkylation sites (tertiary alicyclic amines) is 1. The average Bonchev–Trinajstić information content (AvgIpc) is 2.89. The van der Waals surface area contributed by atoms with E-state index in [4.69, 9.17) is 16.1 Å². The van der Waals surface area contributed by atoms with Crippen molar-refractivity contribution in [1.29, 1.82) is 0 Å². The van der Waals surface area contributed by atoms with Crippen molar-refractivity contribution >= 4 is 17.5 Å². The third-order valence-electron chi connectivity index (χ3n) is 4.63. The first-order valence-electron chi connectivity index (χ1n) is 8.04. The van der Waals surface area contributed by atoms with E-state index in [9.17, 15) is 4.79 Å². The fourth-order valence-corrected chi connectivity index (χ4v) is 3.64. The lowest BCUT2D eigenvalue weighted by molar-refractivity contribution is 0.0509. The Morgan fingerprint density at radius 1 is 1.26 bits per heavy atom. The standard InChI is InChI=1S/C18H21ClN2O2/c1-11-7-6-8-12(2)21(11)18(22)16-13(3)23-20-17(16)14-9-4-5-10-15(14)19/h4-5,9-12H,6-8H2,1-3H3/t11-,12-/m0/s1. The predicted octanol–water partition coefficient (Wildman–Crippen LogP) is 4.71. The van der Waals surface area contributed by atoms with E-state index in [0.717, 1.165) is 24.8 Å². The van der Waals surface area contributed by atoms with Crippen LogP contribution in [0, 0.1) is 6.92 Å². The maximum Gasteiger partial charge on any atom is 0.260 e. The maximum atomic E-state index is 13.2. The Balaban J connectivity index is 2.05. The molecule has 122 valence electrons. The van der Waals surface area contributed by atoms with Crippen LogP contribution in [0.5, 0.6) is 0 Å². The van der Waals surface area contributed by atoms with Gasteiger partial charge in [-0.3, -0.25) is 4.79 Å². The van der Waals surface area contributed by atoms with Gasteiger partial charge in [-0.1, -0.05) is 35.0 Å². The van der Waals surface area contributed by atoms with Gasteiger partial charge in [0.25, 0.3) is 5.91 Å². The van der Waals surface area contributed by atoms with Crippen LogP contribution in [0.2, 0.25) is 5.02 Å². The molecule has 0 saturated carbocycles. The zero-order valence-electron chi connectivity index (χ0n) is 13.7. The van der Waals surface area contributed by atoms with Crippen molar-refractivity contribution in [2.45, 2.75) is 52.1 Å². The van der Waals surface area contributed by atoms with E-state index in [2.05, 4.69) is 19.0 Å². The molecule has 1 aromatic heterocycles. The second-order valence-corrected chi connectivity index (χ2v) is 6.69. The minimum atomic E-state index is -0.0154. The van der Waals surface area contributed by atoms with Crippen LogP contribution in [0.4, 0.5) is 0 Å². The molecule has 2 heterocycles. The summed E-state index contributed by atoms with van der Waals surface area (Å²) in [7, 11) is 0. The van der Waals surface area contributed by atoms with Gasteiger partial charge in [-0.2, -0.15) is 0 Å². The summed E-state index contributed by atoms with van der Waals surface area (Å²) in [6, 6.07) is 7.83. The molecule has 0 spiro atoms. The van der Waals surface area contributed by atoms with Gasteiger partial charge >= 0.3 is 0 Å². The molecule has 1 amide bonds. The zero-order chi connectivity index (χ0) is 16.6. The Labute approximate surface area is 141 Å². The molecule has 4 nitrogen and oxygen atoms in total. The molecule has 1 aliphatic rings. The van der Waals surface area contributed by atoms with E-state index in [1.54, 1.807) is 13.0 Å². The van der Waals surface area contributed by atoms with Crippen LogP contribution in [0.1, 0.15) is 49.2 Å². The van der Waals surface area contributed by atoms with Crippen LogP contribution < -0.4 is 0 Å². The van der Waals surface area contributed by atoms with E-state index < -0.39 is 0 Å². The molecule has 5 heteroatoms. The van der Waals surface area contributed by atoms with Crippen molar-refractivity contribution in [3.8, 4) is 11.3 Å². The molecule has 0 radical (unpaired) electrons. The monoisotopic (exact) mass is 332 g/mol. The van der Waals surface area contributed by atoms with Gasteiger partial charge in [-0.15, -0.1) is 0 Å². The van der Waals surface area contributed by atoms with E-state index in [-0.39, 0.29) is 18.0 Å². The first-order chi connectivity index (χ1) is 11.0. The molecular formula is C18H21ClN2O2. The van der Waals surface area contributed by atoms with Crippen LogP contribution >= 0.6 is 11.6 Å². The Morgan fingerprint density at radius 2 is 1.91 bits per heavy atom. The number of nitrogens with zero attached hydrogens (tertiary/aromatic N) is 2. The summed E-state index contributed by atoms with van der Waals surface area (Å²) in [4.78, 5) is 15.2. The average molecular weight is 333 g/mol. The van der Waals surface area contributed by atoms with Crippen LogP contribution in [0.15, 0.2) is 28.8 Å². The lowest BCUT2D eigenvalue weighted by Gasteiger charge is -2.39. The van der Waals surface area contributed by atoms with Crippen molar-refractivity contribution in [2.24, 2.45) is 0 Å². The Kier molecular flexibility index (Phi) is 4.44. The van der Waals surface area contributed by atoms with Gasteiger partial charge in [-0.25, -0.2) is 0 Å². The third kappa shape index (κ3) is 2.88. The lowest BCUT2D eigenvalue weighted by atomic mass is 9.95. The number of piperidine rings is 1. The number of aromatic nitrogens is 1. The summed E-state index contributed by atoms with van der Waals surface area (Å²) in [5, 5.41) is 4.67. The minimum Gasteiger partial charge on any atom is -0.360 e. The minimum absolute atomic E-state index is 0.0154. The lowest BCUT2D eigenvalue weighted by Crippen LogP contribution is -2.47. The van der Waals surface area contributed by atoms with Gasteiger partial charge < -0.3 is 9.42 Å². The van der Waals surface area contributed by atoms with E-state index in [1.807, 2.05) is 23.1 Å². The molecule has 0 N–H and O–H groups in total. The molecule has 2 aromatic rings. The van der Waals surface area contributed by atoms with Gasteiger partial charge in [0.1, 0.15) is 17.0 Å². The zero-order valence-corrected chi connectivity index (χ0v) is 14.4. The number of carbonyl (C=O) groups is 1. The second-order valence-electron chi connectivity index (χ2n) is 6.28. The van der Waals surface area contributed by atoms with Crippen LogP contribution in [0.25, 0.3) is 11.3 Å². The van der Waals surface area contributed by atoms with Gasteiger partial charge in [0.2, 0.25) is 0 Å². The van der Waals surface area contributed by atoms with Crippen molar-refractivity contribution in [3.05, 3.63) is 40.6 Å². The Morgan fingerprint density at radius 3 is 2.57 bits per heavy atom. The number of carbonyl (C=O) groups excluding carboxylic acids is 1. The van der Waals surface area contributed by atoms with E-state index >= 15 is 0 Å². The molecular weight excluding hydrogens is 312 g/mol. The molecule has 1 aromatic carbocycles. The molecule has 0 unspecified atom stereocenters. The quantitative estimate of drug-likeness (QED) is 0.800. The highest BCUT2D eigenvalue weighted by molar-refractivity contribution is 6.33. The van der Waals surface area contributed by atoms with Crippen molar-refractivity contribution in [2.75, 3.05) is 0 Å². The maximum absolute atomic E-state index is 13.2. The first kappa shape index (κ1) is 16.1.